The van der Waals surface area contributed by atoms with E-state index >= 15 is 0 Å². The van der Waals surface area contributed by atoms with Crippen molar-refractivity contribution in [3.05, 3.63) is 29.6 Å². The first-order valence-electron chi connectivity index (χ1n) is 7.74. The Morgan fingerprint density at radius 1 is 1.24 bits per heavy atom. The van der Waals surface area contributed by atoms with Gasteiger partial charge in [0.15, 0.2) is 0 Å². The predicted molar refractivity (Wildman–Crippen MR) is 81.7 cm³/mol. The number of amides is 2. The molecule has 1 atom stereocenters. The van der Waals surface area contributed by atoms with Crippen molar-refractivity contribution < 1.29 is 31.9 Å². The summed E-state index contributed by atoms with van der Waals surface area (Å²) in [6.07, 6.45) is -2.50. The normalized spacial score (nSPS) is 16.4. The monoisotopic (exact) mass is 362 g/mol. The van der Waals surface area contributed by atoms with E-state index < -0.39 is 41.6 Å². The van der Waals surface area contributed by atoms with Crippen LogP contribution in [0.4, 0.5) is 28.0 Å². The summed E-state index contributed by atoms with van der Waals surface area (Å²) in [5.41, 5.74) is -0.449. The van der Waals surface area contributed by atoms with Crippen molar-refractivity contribution in [1.29, 1.82) is 0 Å². The van der Waals surface area contributed by atoms with E-state index in [1.165, 1.54) is 0 Å². The minimum absolute atomic E-state index is 0.0395. The quantitative estimate of drug-likeness (QED) is 0.631. The van der Waals surface area contributed by atoms with E-state index in [-0.39, 0.29) is 5.56 Å². The number of urea groups is 1. The maximum atomic E-state index is 13.8. The Kier molecular flexibility index (Phi) is 5.86. The molecular weight excluding hydrogens is 344 g/mol. The Hall–Kier alpha value is -2.32. The van der Waals surface area contributed by atoms with E-state index in [1.54, 1.807) is 0 Å². The van der Waals surface area contributed by atoms with E-state index in [9.17, 15) is 27.2 Å². The molecule has 1 aromatic rings. The second kappa shape index (κ2) is 7.71. The highest BCUT2D eigenvalue weighted by Gasteiger charge is 2.46. The third-order valence-electron chi connectivity index (χ3n) is 4.15. The number of methoxy groups -OCH3 is 1. The van der Waals surface area contributed by atoms with E-state index in [2.05, 4.69) is 4.74 Å². The van der Waals surface area contributed by atoms with E-state index in [0.29, 0.717) is 25.7 Å². The number of anilines is 1. The highest BCUT2D eigenvalue weighted by atomic mass is 19.4. The SMILES string of the molecule is COC(=O)c1ccc(F)c(NC(=O)NC(C2CCCC2)C(F)(F)F)c1. The smallest absolute Gasteiger partial charge is 0.408 e. The molecule has 2 rings (SSSR count). The summed E-state index contributed by atoms with van der Waals surface area (Å²) in [6.45, 7) is 0. The van der Waals surface area contributed by atoms with Gasteiger partial charge < -0.3 is 15.4 Å². The number of rotatable bonds is 4. The van der Waals surface area contributed by atoms with E-state index in [4.69, 9.17) is 0 Å². The number of esters is 1. The zero-order valence-corrected chi connectivity index (χ0v) is 13.5. The van der Waals surface area contributed by atoms with Gasteiger partial charge in [-0.1, -0.05) is 12.8 Å². The molecule has 0 saturated heterocycles. The molecule has 2 amide bonds. The summed E-state index contributed by atoms with van der Waals surface area (Å²) in [6, 6.07) is -0.128. The minimum atomic E-state index is -4.60. The van der Waals surface area contributed by atoms with Crippen LogP contribution >= 0.6 is 0 Å². The van der Waals surface area contributed by atoms with Crippen molar-refractivity contribution in [3.63, 3.8) is 0 Å². The van der Waals surface area contributed by atoms with Crippen LogP contribution in [0.1, 0.15) is 36.0 Å². The first kappa shape index (κ1) is 19.0. The molecule has 1 aliphatic rings. The molecule has 1 saturated carbocycles. The van der Waals surface area contributed by atoms with Gasteiger partial charge in [0, 0.05) is 0 Å². The van der Waals surface area contributed by atoms with Crippen molar-refractivity contribution in [2.75, 3.05) is 12.4 Å². The zero-order valence-electron chi connectivity index (χ0n) is 13.5. The molecule has 0 radical (unpaired) electrons. The summed E-state index contributed by atoms with van der Waals surface area (Å²) in [7, 11) is 1.13. The molecule has 2 N–H and O–H groups in total. The number of carbonyl (C=O) groups excluding carboxylic acids is 2. The number of halogens is 4. The van der Waals surface area contributed by atoms with Gasteiger partial charge in [0.05, 0.1) is 18.4 Å². The van der Waals surface area contributed by atoms with E-state index in [0.717, 1.165) is 25.3 Å². The Labute approximate surface area is 141 Å². The molecule has 1 fully saturated rings. The summed E-state index contributed by atoms with van der Waals surface area (Å²) >= 11 is 0. The summed E-state index contributed by atoms with van der Waals surface area (Å²) < 4.78 is 57.8. The highest BCUT2D eigenvalue weighted by Crippen LogP contribution is 2.35. The molecule has 1 unspecified atom stereocenters. The minimum Gasteiger partial charge on any atom is -0.465 e. The van der Waals surface area contributed by atoms with Gasteiger partial charge >= 0.3 is 18.2 Å². The Morgan fingerprint density at radius 3 is 2.44 bits per heavy atom. The fraction of sp³-hybridized carbons (Fsp3) is 0.500. The number of hydrogen-bond acceptors (Lipinski definition) is 3. The molecule has 138 valence electrons. The Morgan fingerprint density at radius 2 is 1.88 bits per heavy atom. The predicted octanol–water partition coefficient (Wildman–Crippen LogP) is 3.85. The van der Waals surface area contributed by atoms with Gasteiger partial charge in [-0.05, 0) is 37.0 Å². The number of benzene rings is 1. The van der Waals surface area contributed by atoms with Crippen molar-refractivity contribution in [1.82, 2.24) is 5.32 Å². The lowest BCUT2D eigenvalue weighted by Gasteiger charge is -2.27. The molecule has 0 aliphatic heterocycles. The van der Waals surface area contributed by atoms with Crippen LogP contribution in [0.5, 0.6) is 0 Å². The van der Waals surface area contributed by atoms with E-state index in [1.807, 2.05) is 10.6 Å². The van der Waals surface area contributed by atoms with Crippen molar-refractivity contribution in [3.8, 4) is 0 Å². The summed E-state index contributed by atoms with van der Waals surface area (Å²) in [5.74, 6) is -2.34. The third kappa shape index (κ3) is 4.83. The first-order valence-corrected chi connectivity index (χ1v) is 7.74. The maximum absolute atomic E-state index is 13.8. The largest absolute Gasteiger partial charge is 0.465 e. The van der Waals surface area contributed by atoms with Crippen molar-refractivity contribution in [2.45, 2.75) is 37.9 Å². The van der Waals surface area contributed by atoms with Crippen LogP contribution in [0, 0.1) is 11.7 Å². The first-order chi connectivity index (χ1) is 11.7. The van der Waals surface area contributed by atoms with Crippen LogP contribution < -0.4 is 10.6 Å². The lowest BCUT2D eigenvalue weighted by Crippen LogP contribution is -2.50. The van der Waals surface area contributed by atoms with Crippen molar-refractivity contribution >= 4 is 17.7 Å². The van der Waals surface area contributed by atoms with Crippen LogP contribution in [-0.2, 0) is 4.74 Å². The standard InChI is InChI=1S/C16H18F4N2O3/c1-25-14(23)10-6-7-11(17)12(8-10)21-15(24)22-13(16(18,19)20)9-4-2-3-5-9/h6-9,13H,2-5H2,1H3,(H2,21,22,24). The maximum Gasteiger partial charge on any atom is 0.408 e. The number of nitrogens with one attached hydrogen (secondary N) is 2. The van der Waals surface area contributed by atoms with Crippen LogP contribution in [0.3, 0.4) is 0 Å². The van der Waals surface area contributed by atoms with Crippen LogP contribution in [0.2, 0.25) is 0 Å². The van der Waals surface area contributed by atoms with Crippen molar-refractivity contribution in [2.24, 2.45) is 5.92 Å². The fourth-order valence-electron chi connectivity index (χ4n) is 2.92. The number of carbonyl (C=O) groups is 2. The average Bonchev–Trinajstić information content (AvgIpc) is 3.06. The molecule has 25 heavy (non-hydrogen) atoms. The highest BCUT2D eigenvalue weighted by molar-refractivity contribution is 5.94. The van der Waals surface area contributed by atoms with Gasteiger partial charge in [0.2, 0.25) is 0 Å². The molecule has 1 aromatic carbocycles. The average molecular weight is 362 g/mol. The number of alkyl halides is 3. The van der Waals surface area contributed by atoms with Gasteiger partial charge in [0.25, 0.3) is 0 Å². The Bertz CT molecular complexity index is 643. The second-order valence-corrected chi connectivity index (χ2v) is 5.85. The van der Waals surface area contributed by atoms with Crippen LogP contribution in [0.15, 0.2) is 18.2 Å². The summed E-state index contributed by atoms with van der Waals surface area (Å²) in [4.78, 5) is 23.3. The Balaban J connectivity index is 2.11. The topological polar surface area (TPSA) is 67.4 Å². The van der Waals surface area contributed by atoms with Crippen LogP contribution in [-0.4, -0.2) is 31.3 Å². The molecule has 1 aliphatic carbocycles. The molecule has 0 spiro atoms. The summed E-state index contributed by atoms with van der Waals surface area (Å²) in [5, 5.41) is 3.90. The molecule has 5 nitrogen and oxygen atoms in total. The van der Waals surface area contributed by atoms with Crippen LogP contribution in [0.25, 0.3) is 0 Å². The van der Waals surface area contributed by atoms with Gasteiger partial charge in [-0.2, -0.15) is 13.2 Å². The molecule has 0 aromatic heterocycles. The number of ether oxygens (including phenoxy) is 1. The third-order valence-corrected chi connectivity index (χ3v) is 4.15. The second-order valence-electron chi connectivity index (χ2n) is 5.85. The van der Waals surface area contributed by atoms with Gasteiger partial charge in [-0.15, -0.1) is 0 Å². The lowest BCUT2D eigenvalue weighted by molar-refractivity contribution is -0.164. The zero-order chi connectivity index (χ0) is 18.6. The van der Waals surface area contributed by atoms with Gasteiger partial charge in [0.1, 0.15) is 11.9 Å². The van der Waals surface area contributed by atoms with Gasteiger partial charge in [-0.3, -0.25) is 0 Å². The lowest BCUT2D eigenvalue weighted by atomic mass is 9.98. The number of hydrogen-bond donors (Lipinski definition) is 2. The molecule has 0 bridgehead atoms. The molecular formula is C16H18F4N2O3. The molecule has 9 heteroatoms. The molecule has 0 heterocycles. The fourth-order valence-corrected chi connectivity index (χ4v) is 2.92. The van der Waals surface area contributed by atoms with Gasteiger partial charge in [-0.25, -0.2) is 14.0 Å².